The number of hydrogen-bond donors (Lipinski definition) is 1. The van der Waals surface area contributed by atoms with E-state index in [1.54, 1.807) is 12.1 Å². The van der Waals surface area contributed by atoms with Gasteiger partial charge in [0, 0.05) is 11.3 Å². The summed E-state index contributed by atoms with van der Waals surface area (Å²) in [4.78, 5) is 40.2. The minimum absolute atomic E-state index is 0.202. The first-order valence-electron chi connectivity index (χ1n) is 9.92. The summed E-state index contributed by atoms with van der Waals surface area (Å²) >= 11 is 1.48. The van der Waals surface area contributed by atoms with Crippen LogP contribution in [-0.4, -0.2) is 29.2 Å². The number of rotatable bonds is 5. The van der Waals surface area contributed by atoms with Gasteiger partial charge >= 0.3 is 0 Å². The second kappa shape index (κ2) is 8.06. The number of thiophene rings is 1. The van der Waals surface area contributed by atoms with Gasteiger partial charge in [-0.05, 0) is 42.0 Å². The maximum absolute atomic E-state index is 13.3. The topological polar surface area (TPSA) is 66.5 Å². The summed E-state index contributed by atoms with van der Waals surface area (Å²) in [6.45, 7) is -0.275. The fourth-order valence-corrected chi connectivity index (χ4v) is 5.22. The molecule has 1 N–H and O–H groups in total. The summed E-state index contributed by atoms with van der Waals surface area (Å²) in [5.41, 5.74) is 0.143. The number of nitrogens with zero attached hydrogens (tertiary/aromatic N) is 1. The van der Waals surface area contributed by atoms with Crippen molar-refractivity contribution in [2.24, 2.45) is 5.41 Å². The van der Waals surface area contributed by atoms with Crippen molar-refractivity contribution < 1.29 is 18.8 Å². The van der Waals surface area contributed by atoms with Crippen molar-refractivity contribution >= 4 is 29.1 Å². The van der Waals surface area contributed by atoms with Crippen molar-refractivity contribution in [3.63, 3.8) is 0 Å². The van der Waals surface area contributed by atoms with Crippen molar-refractivity contribution in [2.75, 3.05) is 6.54 Å². The lowest BCUT2D eigenvalue weighted by atomic mass is 9.73. The van der Waals surface area contributed by atoms with E-state index in [-0.39, 0.29) is 30.6 Å². The average Bonchev–Trinajstić information content (AvgIpc) is 3.32. The Morgan fingerprint density at radius 2 is 1.86 bits per heavy atom. The molecule has 1 aromatic heterocycles. The van der Waals surface area contributed by atoms with Crippen molar-refractivity contribution in [2.45, 2.75) is 44.6 Å². The number of amides is 3. The smallest absolute Gasteiger partial charge is 0.240 e. The van der Waals surface area contributed by atoms with Gasteiger partial charge in [0.1, 0.15) is 12.4 Å². The first kappa shape index (κ1) is 19.8. The number of carbonyl (C=O) groups is 3. The Balaban J connectivity index is 1.49. The van der Waals surface area contributed by atoms with Crippen molar-refractivity contribution in [1.82, 2.24) is 10.2 Å². The van der Waals surface area contributed by atoms with Gasteiger partial charge in [-0.1, -0.05) is 37.5 Å². The molecule has 1 atom stereocenters. The van der Waals surface area contributed by atoms with Crippen LogP contribution in [0.4, 0.5) is 4.39 Å². The Bertz CT molecular complexity index is 905. The molecule has 2 heterocycles. The molecule has 5 nitrogen and oxygen atoms in total. The van der Waals surface area contributed by atoms with E-state index in [2.05, 4.69) is 5.32 Å². The summed E-state index contributed by atoms with van der Waals surface area (Å²) in [5, 5.41) is 4.82. The zero-order chi connectivity index (χ0) is 20.4. The molecule has 0 radical (unpaired) electrons. The third-order valence-corrected chi connectivity index (χ3v) is 6.88. The quantitative estimate of drug-likeness (QED) is 0.757. The number of carbonyl (C=O) groups excluding carboxylic acids is 3. The molecule has 2 aliphatic rings. The molecule has 0 unspecified atom stereocenters. The zero-order valence-electron chi connectivity index (χ0n) is 16.0. The van der Waals surface area contributed by atoms with Gasteiger partial charge in [0.05, 0.1) is 11.5 Å². The molecule has 1 aliphatic carbocycles. The number of imide groups is 1. The molecule has 29 heavy (non-hydrogen) atoms. The lowest BCUT2D eigenvalue weighted by Crippen LogP contribution is -2.43. The van der Waals surface area contributed by atoms with Crippen LogP contribution >= 0.6 is 11.3 Å². The molecule has 1 saturated carbocycles. The highest BCUT2D eigenvalue weighted by molar-refractivity contribution is 7.10. The highest BCUT2D eigenvalue weighted by atomic mass is 32.1. The summed E-state index contributed by atoms with van der Waals surface area (Å²) in [7, 11) is 0. The number of benzene rings is 1. The van der Waals surface area contributed by atoms with Crippen molar-refractivity contribution in [1.29, 1.82) is 0 Å². The lowest BCUT2D eigenvalue weighted by Gasteiger charge is -2.30. The molecule has 1 aromatic carbocycles. The van der Waals surface area contributed by atoms with Crippen LogP contribution in [0.1, 0.15) is 55.0 Å². The second-order valence-electron chi connectivity index (χ2n) is 7.87. The standard InChI is InChI=1S/C22H23FN2O3S/c23-16-8-6-15(7-9-16)20(17-5-4-12-29-17)24-18(26)14-25-19(27)13-22(21(25)28)10-2-1-3-11-22/h4-9,12,20H,1-3,10-11,13-14H2,(H,24,26)/t20-/m0/s1. The van der Waals surface area contributed by atoms with Gasteiger partial charge < -0.3 is 5.32 Å². The Morgan fingerprint density at radius 3 is 2.52 bits per heavy atom. The second-order valence-corrected chi connectivity index (χ2v) is 8.85. The maximum atomic E-state index is 13.3. The van der Waals surface area contributed by atoms with E-state index in [1.807, 2.05) is 17.5 Å². The third-order valence-electron chi connectivity index (χ3n) is 5.94. The Hall–Kier alpha value is -2.54. The molecular weight excluding hydrogens is 391 g/mol. The highest BCUT2D eigenvalue weighted by Gasteiger charge is 2.51. The van der Waals surface area contributed by atoms with Gasteiger partial charge in [0.25, 0.3) is 0 Å². The van der Waals surface area contributed by atoms with Crippen LogP contribution in [0.3, 0.4) is 0 Å². The Kier molecular flexibility index (Phi) is 5.50. The maximum Gasteiger partial charge on any atom is 0.240 e. The van der Waals surface area contributed by atoms with Crippen LogP contribution in [0.15, 0.2) is 41.8 Å². The predicted molar refractivity (Wildman–Crippen MR) is 108 cm³/mol. The average molecular weight is 415 g/mol. The van der Waals surface area contributed by atoms with E-state index < -0.39 is 17.4 Å². The number of halogens is 1. The summed E-state index contributed by atoms with van der Waals surface area (Å²) in [6.07, 6.45) is 4.65. The number of hydrogen-bond acceptors (Lipinski definition) is 4. The largest absolute Gasteiger partial charge is 0.343 e. The molecule has 3 amide bonds. The summed E-state index contributed by atoms with van der Waals surface area (Å²) in [6, 6.07) is 9.27. The first-order valence-corrected chi connectivity index (χ1v) is 10.8. The fraction of sp³-hybridized carbons (Fsp3) is 0.409. The highest BCUT2D eigenvalue weighted by Crippen LogP contribution is 2.45. The summed E-state index contributed by atoms with van der Waals surface area (Å²) < 4.78 is 13.3. The molecule has 2 fully saturated rings. The molecule has 4 rings (SSSR count). The van der Waals surface area contributed by atoms with E-state index in [4.69, 9.17) is 0 Å². The molecular formula is C22H23FN2O3S. The van der Waals surface area contributed by atoms with E-state index in [9.17, 15) is 18.8 Å². The van der Waals surface area contributed by atoms with Crippen LogP contribution in [-0.2, 0) is 14.4 Å². The SMILES string of the molecule is O=C(CN1C(=O)CC2(CCCCC2)C1=O)N[C@@H](c1ccc(F)cc1)c1cccs1. The zero-order valence-corrected chi connectivity index (χ0v) is 16.8. The van der Waals surface area contributed by atoms with E-state index in [0.29, 0.717) is 0 Å². The molecule has 1 spiro atoms. The monoisotopic (exact) mass is 414 g/mol. The molecule has 1 aliphatic heterocycles. The minimum atomic E-state index is -0.597. The molecule has 152 valence electrons. The first-order chi connectivity index (χ1) is 14.0. The van der Waals surface area contributed by atoms with Crippen LogP contribution in [0.5, 0.6) is 0 Å². The normalized spacial score (nSPS) is 19.6. The lowest BCUT2D eigenvalue weighted by molar-refractivity contribution is -0.145. The van der Waals surface area contributed by atoms with Gasteiger partial charge in [-0.2, -0.15) is 0 Å². The van der Waals surface area contributed by atoms with Crippen molar-refractivity contribution in [3.05, 3.63) is 58.0 Å². The predicted octanol–water partition coefficient (Wildman–Crippen LogP) is 3.80. The molecule has 1 saturated heterocycles. The molecule has 0 bridgehead atoms. The Morgan fingerprint density at radius 1 is 1.14 bits per heavy atom. The van der Waals surface area contributed by atoms with E-state index >= 15 is 0 Å². The van der Waals surface area contributed by atoms with Gasteiger partial charge in [-0.15, -0.1) is 11.3 Å². The van der Waals surface area contributed by atoms with Crippen LogP contribution in [0, 0.1) is 11.2 Å². The number of nitrogens with one attached hydrogen (secondary N) is 1. The van der Waals surface area contributed by atoms with Crippen molar-refractivity contribution in [3.8, 4) is 0 Å². The molecule has 2 aromatic rings. The Labute approximate surface area is 172 Å². The van der Waals surface area contributed by atoms with E-state index in [1.165, 1.54) is 23.5 Å². The molecule has 7 heteroatoms. The van der Waals surface area contributed by atoms with Gasteiger partial charge in [0.15, 0.2) is 0 Å². The van der Waals surface area contributed by atoms with Crippen LogP contribution < -0.4 is 5.32 Å². The number of likely N-dealkylation sites (tertiary alicyclic amines) is 1. The summed E-state index contributed by atoms with van der Waals surface area (Å²) in [5.74, 6) is -1.22. The van der Waals surface area contributed by atoms with Gasteiger partial charge in [-0.25, -0.2) is 4.39 Å². The van der Waals surface area contributed by atoms with Gasteiger partial charge in [-0.3, -0.25) is 19.3 Å². The van der Waals surface area contributed by atoms with Crippen LogP contribution in [0.2, 0.25) is 0 Å². The van der Waals surface area contributed by atoms with Crippen LogP contribution in [0.25, 0.3) is 0 Å². The fourth-order valence-electron chi connectivity index (χ4n) is 4.42. The third kappa shape index (κ3) is 3.96. The van der Waals surface area contributed by atoms with Gasteiger partial charge in [0.2, 0.25) is 17.7 Å². The minimum Gasteiger partial charge on any atom is -0.343 e. The van der Waals surface area contributed by atoms with E-state index in [0.717, 1.165) is 47.4 Å².